The average molecular weight is 726 g/mol. The van der Waals surface area contributed by atoms with E-state index in [-0.39, 0.29) is 0 Å². The molecular formula is C56H39N. The molecule has 10 aromatic rings. The first kappa shape index (κ1) is 34.0. The summed E-state index contributed by atoms with van der Waals surface area (Å²) < 4.78 is 0. The maximum absolute atomic E-state index is 2.37. The Bertz CT molecular complexity index is 2950. The molecule has 10 aromatic carbocycles. The SMILES string of the molecule is c1ccc(-c2ccc(N(c3ccc(-c4ccc(-c5cc6ccccc6c6ccccc56)cc4)cc3)c3ccc(-c4ccccc4)c(-c4ccccc4)c3)cc2)cc1. The van der Waals surface area contributed by atoms with Gasteiger partial charge in [-0.05, 0) is 120 Å². The Morgan fingerprint density at radius 1 is 0.211 bits per heavy atom. The summed E-state index contributed by atoms with van der Waals surface area (Å²) >= 11 is 0. The number of rotatable bonds is 8. The van der Waals surface area contributed by atoms with E-state index in [2.05, 4.69) is 241 Å². The summed E-state index contributed by atoms with van der Waals surface area (Å²) in [5, 5.41) is 5.11. The molecule has 0 saturated carbocycles. The quantitative estimate of drug-likeness (QED) is 0.141. The van der Waals surface area contributed by atoms with Crippen molar-refractivity contribution in [2.75, 3.05) is 4.90 Å². The Morgan fingerprint density at radius 3 is 1.18 bits per heavy atom. The minimum Gasteiger partial charge on any atom is -0.310 e. The molecule has 0 aliphatic carbocycles. The van der Waals surface area contributed by atoms with Crippen molar-refractivity contribution in [1.82, 2.24) is 0 Å². The zero-order valence-electron chi connectivity index (χ0n) is 31.5. The second-order valence-electron chi connectivity index (χ2n) is 14.5. The van der Waals surface area contributed by atoms with E-state index in [1.54, 1.807) is 0 Å². The molecule has 0 heterocycles. The Hall–Kier alpha value is -7.48. The van der Waals surface area contributed by atoms with Gasteiger partial charge in [0.25, 0.3) is 0 Å². The van der Waals surface area contributed by atoms with Gasteiger partial charge in [0, 0.05) is 17.1 Å². The van der Waals surface area contributed by atoms with Gasteiger partial charge < -0.3 is 4.90 Å². The van der Waals surface area contributed by atoms with Crippen LogP contribution in [-0.4, -0.2) is 0 Å². The first-order valence-electron chi connectivity index (χ1n) is 19.6. The first-order chi connectivity index (χ1) is 28.3. The fraction of sp³-hybridized carbons (Fsp3) is 0. The third kappa shape index (κ3) is 6.66. The normalized spacial score (nSPS) is 11.2. The molecule has 0 radical (unpaired) electrons. The lowest BCUT2D eigenvalue weighted by molar-refractivity contribution is 1.28. The monoisotopic (exact) mass is 725 g/mol. The van der Waals surface area contributed by atoms with E-state index >= 15 is 0 Å². The van der Waals surface area contributed by atoms with Gasteiger partial charge in [0.2, 0.25) is 0 Å². The van der Waals surface area contributed by atoms with E-state index in [9.17, 15) is 0 Å². The summed E-state index contributed by atoms with van der Waals surface area (Å²) in [6.07, 6.45) is 0. The summed E-state index contributed by atoms with van der Waals surface area (Å²) in [5.41, 5.74) is 15.3. The van der Waals surface area contributed by atoms with Crippen LogP contribution in [0, 0.1) is 0 Å². The van der Waals surface area contributed by atoms with Crippen molar-refractivity contribution >= 4 is 38.6 Å². The van der Waals surface area contributed by atoms with Gasteiger partial charge in [-0.15, -0.1) is 0 Å². The van der Waals surface area contributed by atoms with Crippen molar-refractivity contribution < 1.29 is 0 Å². The molecule has 0 spiro atoms. The molecule has 0 saturated heterocycles. The van der Waals surface area contributed by atoms with Gasteiger partial charge >= 0.3 is 0 Å². The molecule has 268 valence electrons. The lowest BCUT2D eigenvalue weighted by Gasteiger charge is -2.27. The zero-order chi connectivity index (χ0) is 38.0. The predicted octanol–water partition coefficient (Wildman–Crippen LogP) is 15.8. The molecule has 0 aromatic heterocycles. The Kier molecular flexibility index (Phi) is 8.95. The van der Waals surface area contributed by atoms with Crippen LogP contribution in [0.25, 0.3) is 77.2 Å². The van der Waals surface area contributed by atoms with Crippen molar-refractivity contribution in [3.63, 3.8) is 0 Å². The highest BCUT2D eigenvalue weighted by Crippen LogP contribution is 2.42. The summed E-state index contributed by atoms with van der Waals surface area (Å²) in [5.74, 6) is 0. The van der Waals surface area contributed by atoms with Gasteiger partial charge in [-0.3, -0.25) is 0 Å². The highest BCUT2D eigenvalue weighted by molar-refractivity contribution is 6.13. The fourth-order valence-electron chi connectivity index (χ4n) is 8.22. The van der Waals surface area contributed by atoms with Crippen molar-refractivity contribution in [2.45, 2.75) is 0 Å². The number of hydrogen-bond donors (Lipinski definition) is 0. The third-order valence-corrected chi connectivity index (χ3v) is 11.1. The van der Waals surface area contributed by atoms with E-state index in [0.29, 0.717) is 0 Å². The van der Waals surface area contributed by atoms with Crippen molar-refractivity contribution in [3.8, 4) is 55.6 Å². The zero-order valence-corrected chi connectivity index (χ0v) is 31.5. The molecule has 0 fully saturated rings. The Morgan fingerprint density at radius 2 is 0.596 bits per heavy atom. The number of nitrogens with zero attached hydrogens (tertiary/aromatic N) is 1. The van der Waals surface area contributed by atoms with Gasteiger partial charge in [0.15, 0.2) is 0 Å². The molecule has 0 aliphatic heterocycles. The number of hydrogen-bond acceptors (Lipinski definition) is 1. The van der Waals surface area contributed by atoms with Crippen LogP contribution < -0.4 is 4.90 Å². The topological polar surface area (TPSA) is 3.24 Å². The van der Waals surface area contributed by atoms with Crippen LogP contribution in [-0.2, 0) is 0 Å². The maximum Gasteiger partial charge on any atom is 0.0468 e. The molecule has 1 heteroatoms. The number of benzene rings is 10. The van der Waals surface area contributed by atoms with Crippen LogP contribution in [0.2, 0.25) is 0 Å². The third-order valence-electron chi connectivity index (χ3n) is 11.1. The van der Waals surface area contributed by atoms with Crippen LogP contribution in [0.1, 0.15) is 0 Å². The van der Waals surface area contributed by atoms with E-state index < -0.39 is 0 Å². The highest BCUT2D eigenvalue weighted by atomic mass is 15.1. The Balaban J connectivity index is 1.04. The van der Waals surface area contributed by atoms with Gasteiger partial charge in [-0.2, -0.15) is 0 Å². The highest BCUT2D eigenvalue weighted by Gasteiger charge is 2.17. The van der Waals surface area contributed by atoms with Crippen molar-refractivity contribution in [1.29, 1.82) is 0 Å². The van der Waals surface area contributed by atoms with Gasteiger partial charge in [0.1, 0.15) is 0 Å². The largest absolute Gasteiger partial charge is 0.310 e. The smallest absolute Gasteiger partial charge is 0.0468 e. The average Bonchev–Trinajstić information content (AvgIpc) is 3.30. The number of fused-ring (bicyclic) bond motifs is 3. The molecule has 0 aliphatic rings. The second kappa shape index (κ2) is 15.0. The predicted molar refractivity (Wildman–Crippen MR) is 243 cm³/mol. The molecule has 57 heavy (non-hydrogen) atoms. The van der Waals surface area contributed by atoms with E-state index in [1.807, 2.05) is 0 Å². The Labute approximate surface area is 334 Å². The molecule has 0 N–H and O–H groups in total. The molecule has 0 bridgehead atoms. The molecular weight excluding hydrogens is 687 g/mol. The summed E-state index contributed by atoms with van der Waals surface area (Å²) in [7, 11) is 0. The fourth-order valence-corrected chi connectivity index (χ4v) is 8.22. The van der Waals surface area contributed by atoms with Crippen LogP contribution in [0.3, 0.4) is 0 Å². The molecule has 10 rings (SSSR count). The summed E-state index contributed by atoms with van der Waals surface area (Å²) in [6.45, 7) is 0. The maximum atomic E-state index is 2.37. The van der Waals surface area contributed by atoms with E-state index in [0.717, 1.165) is 17.1 Å². The standard InChI is InChI=1S/C56H39N/c1-4-14-40(15-5-1)42-28-32-48(33-29-42)57(50-36-37-52(44-16-6-2-7-17-44)56(39-50)45-18-8-3-9-19-45)49-34-30-43(31-35-49)41-24-26-46(27-25-41)55-38-47-20-10-11-21-51(47)53-22-12-13-23-54(53)55/h1-39H. The van der Waals surface area contributed by atoms with Gasteiger partial charge in [0.05, 0.1) is 0 Å². The van der Waals surface area contributed by atoms with Crippen LogP contribution in [0.4, 0.5) is 17.1 Å². The van der Waals surface area contributed by atoms with Crippen LogP contribution in [0.5, 0.6) is 0 Å². The van der Waals surface area contributed by atoms with Gasteiger partial charge in [-0.1, -0.05) is 194 Å². The molecule has 0 unspecified atom stereocenters. The first-order valence-corrected chi connectivity index (χ1v) is 19.6. The lowest BCUT2D eigenvalue weighted by atomic mass is 9.92. The lowest BCUT2D eigenvalue weighted by Crippen LogP contribution is -2.10. The number of anilines is 3. The summed E-state index contributed by atoms with van der Waals surface area (Å²) in [6, 6.07) is 85.5. The second-order valence-corrected chi connectivity index (χ2v) is 14.5. The van der Waals surface area contributed by atoms with Gasteiger partial charge in [-0.25, -0.2) is 0 Å². The van der Waals surface area contributed by atoms with Crippen LogP contribution in [0.15, 0.2) is 237 Å². The van der Waals surface area contributed by atoms with Crippen molar-refractivity contribution in [3.05, 3.63) is 237 Å². The molecule has 0 amide bonds. The van der Waals surface area contributed by atoms with E-state index in [1.165, 1.54) is 77.2 Å². The molecule has 1 nitrogen and oxygen atoms in total. The van der Waals surface area contributed by atoms with Crippen LogP contribution >= 0.6 is 0 Å². The minimum absolute atomic E-state index is 1.09. The summed E-state index contributed by atoms with van der Waals surface area (Å²) in [4.78, 5) is 2.37. The minimum atomic E-state index is 1.09. The molecule has 0 atom stereocenters. The van der Waals surface area contributed by atoms with E-state index in [4.69, 9.17) is 0 Å². The van der Waals surface area contributed by atoms with Crippen molar-refractivity contribution in [2.24, 2.45) is 0 Å².